The third-order valence-electron chi connectivity index (χ3n) is 5.09. The predicted molar refractivity (Wildman–Crippen MR) is 107 cm³/mol. The van der Waals surface area contributed by atoms with Crippen LogP contribution >= 0.6 is 0 Å². The average molecular weight is 412 g/mol. The SMILES string of the molecule is CCOC(=O)C1=C(C)N(Cc2ccccc2F)C(=O)CC1c1cccc([N+](=O)[O-])c1. The van der Waals surface area contributed by atoms with Crippen LogP contribution < -0.4 is 0 Å². The third-order valence-corrected chi connectivity index (χ3v) is 5.09. The maximum atomic E-state index is 14.1. The van der Waals surface area contributed by atoms with Crippen LogP contribution in [-0.4, -0.2) is 28.3 Å². The molecule has 1 amide bonds. The summed E-state index contributed by atoms with van der Waals surface area (Å²) in [7, 11) is 0. The second-order valence-electron chi connectivity index (χ2n) is 6.90. The molecule has 1 unspecified atom stereocenters. The zero-order valence-electron chi connectivity index (χ0n) is 16.6. The van der Waals surface area contributed by atoms with Crippen molar-refractivity contribution in [2.24, 2.45) is 0 Å². The number of allylic oxidation sites excluding steroid dienone is 1. The van der Waals surface area contributed by atoms with E-state index in [0.29, 0.717) is 16.8 Å². The molecule has 2 aromatic rings. The van der Waals surface area contributed by atoms with Gasteiger partial charge in [0, 0.05) is 35.7 Å². The molecule has 0 bridgehead atoms. The quantitative estimate of drug-likeness (QED) is 0.405. The molecule has 1 aliphatic heterocycles. The molecular weight excluding hydrogens is 391 g/mol. The Kier molecular flexibility index (Phi) is 6.25. The van der Waals surface area contributed by atoms with Gasteiger partial charge in [-0.05, 0) is 25.5 Å². The first-order valence-corrected chi connectivity index (χ1v) is 9.49. The second kappa shape index (κ2) is 8.86. The smallest absolute Gasteiger partial charge is 0.336 e. The number of carbonyl (C=O) groups excluding carboxylic acids is 2. The van der Waals surface area contributed by atoms with Crippen molar-refractivity contribution >= 4 is 17.6 Å². The molecule has 0 saturated heterocycles. The average Bonchev–Trinajstić information content (AvgIpc) is 2.72. The van der Waals surface area contributed by atoms with Crippen molar-refractivity contribution in [1.82, 2.24) is 4.90 Å². The Hall–Kier alpha value is -3.55. The summed E-state index contributed by atoms with van der Waals surface area (Å²) in [5, 5.41) is 11.2. The summed E-state index contributed by atoms with van der Waals surface area (Å²) in [5.41, 5.74) is 1.26. The van der Waals surface area contributed by atoms with Gasteiger partial charge in [0.25, 0.3) is 5.69 Å². The molecule has 0 N–H and O–H groups in total. The van der Waals surface area contributed by atoms with Crippen molar-refractivity contribution in [3.8, 4) is 0 Å². The van der Waals surface area contributed by atoms with Crippen LogP contribution in [0.15, 0.2) is 59.8 Å². The molecule has 30 heavy (non-hydrogen) atoms. The highest BCUT2D eigenvalue weighted by Crippen LogP contribution is 2.38. The van der Waals surface area contributed by atoms with Gasteiger partial charge in [0.05, 0.1) is 23.6 Å². The first-order valence-electron chi connectivity index (χ1n) is 9.49. The number of nitro groups is 1. The number of rotatable bonds is 6. The Morgan fingerprint density at radius 1 is 1.27 bits per heavy atom. The summed E-state index contributed by atoms with van der Waals surface area (Å²) in [5.74, 6) is -2.04. The van der Waals surface area contributed by atoms with E-state index in [9.17, 15) is 24.1 Å². The molecule has 0 spiro atoms. The summed E-state index contributed by atoms with van der Waals surface area (Å²) in [4.78, 5) is 37.7. The first kappa shape index (κ1) is 21.2. The normalized spacial score (nSPS) is 16.6. The van der Waals surface area contributed by atoms with Crippen molar-refractivity contribution < 1.29 is 23.6 Å². The number of benzene rings is 2. The van der Waals surface area contributed by atoms with Crippen LogP contribution in [0.3, 0.4) is 0 Å². The van der Waals surface area contributed by atoms with E-state index >= 15 is 0 Å². The van der Waals surface area contributed by atoms with E-state index in [-0.39, 0.29) is 36.7 Å². The van der Waals surface area contributed by atoms with E-state index in [4.69, 9.17) is 4.74 Å². The minimum absolute atomic E-state index is 0.0259. The van der Waals surface area contributed by atoms with Gasteiger partial charge in [-0.1, -0.05) is 30.3 Å². The lowest BCUT2D eigenvalue weighted by atomic mass is 9.83. The number of carbonyl (C=O) groups is 2. The maximum Gasteiger partial charge on any atom is 0.336 e. The molecule has 7 nitrogen and oxygen atoms in total. The van der Waals surface area contributed by atoms with Gasteiger partial charge in [0.15, 0.2) is 0 Å². The predicted octanol–water partition coefficient (Wildman–Crippen LogP) is 4.09. The summed E-state index contributed by atoms with van der Waals surface area (Å²) in [6.07, 6.45) is -0.0822. The number of esters is 1. The molecule has 0 fully saturated rings. The molecule has 156 valence electrons. The van der Waals surface area contributed by atoms with E-state index in [1.165, 1.54) is 29.2 Å². The van der Waals surface area contributed by atoms with Gasteiger partial charge in [-0.15, -0.1) is 0 Å². The Morgan fingerprint density at radius 2 is 2.00 bits per heavy atom. The van der Waals surface area contributed by atoms with Gasteiger partial charge >= 0.3 is 5.97 Å². The number of non-ortho nitro benzene ring substituents is 1. The number of halogens is 1. The third kappa shape index (κ3) is 4.22. The number of nitrogens with zero attached hydrogens (tertiary/aromatic N) is 2. The summed E-state index contributed by atoms with van der Waals surface area (Å²) < 4.78 is 19.3. The zero-order valence-corrected chi connectivity index (χ0v) is 16.6. The molecule has 0 radical (unpaired) electrons. The van der Waals surface area contributed by atoms with E-state index < -0.39 is 22.6 Å². The summed E-state index contributed by atoms with van der Waals surface area (Å²) >= 11 is 0. The standard InChI is InChI=1S/C22H21FN2O5/c1-3-30-22(27)21-14(2)24(13-16-7-4-5-10-19(16)23)20(26)12-18(21)15-8-6-9-17(11-15)25(28)29/h4-11,18H,3,12-13H2,1-2H3. The lowest BCUT2D eigenvalue weighted by Gasteiger charge is -2.34. The molecule has 0 aromatic heterocycles. The van der Waals surface area contributed by atoms with Crippen molar-refractivity contribution in [3.05, 3.63) is 86.9 Å². The first-order chi connectivity index (χ1) is 14.3. The van der Waals surface area contributed by atoms with Gasteiger partial charge in [0.2, 0.25) is 5.91 Å². The topological polar surface area (TPSA) is 89.8 Å². The Bertz CT molecular complexity index is 1030. The number of hydrogen-bond acceptors (Lipinski definition) is 5. The number of hydrogen-bond donors (Lipinski definition) is 0. The van der Waals surface area contributed by atoms with Crippen LogP contribution in [0.2, 0.25) is 0 Å². The van der Waals surface area contributed by atoms with Gasteiger partial charge in [-0.25, -0.2) is 9.18 Å². The van der Waals surface area contributed by atoms with Crippen LogP contribution in [0.1, 0.15) is 37.3 Å². The summed E-state index contributed by atoms with van der Waals surface area (Å²) in [6, 6.07) is 12.0. The van der Waals surface area contributed by atoms with Crippen LogP contribution in [-0.2, 0) is 20.9 Å². The van der Waals surface area contributed by atoms with Crippen LogP contribution in [0.5, 0.6) is 0 Å². The van der Waals surface area contributed by atoms with E-state index in [2.05, 4.69) is 0 Å². The fourth-order valence-electron chi connectivity index (χ4n) is 3.61. The molecule has 0 saturated carbocycles. The lowest BCUT2D eigenvalue weighted by molar-refractivity contribution is -0.384. The van der Waals surface area contributed by atoms with Crippen molar-refractivity contribution in [1.29, 1.82) is 0 Å². The summed E-state index contributed by atoms with van der Waals surface area (Å²) in [6.45, 7) is 3.39. The van der Waals surface area contributed by atoms with Crippen molar-refractivity contribution in [2.75, 3.05) is 6.61 Å². The molecule has 3 rings (SSSR count). The Labute approximate surface area is 172 Å². The fraction of sp³-hybridized carbons (Fsp3) is 0.273. The van der Waals surface area contributed by atoms with Gasteiger partial charge < -0.3 is 9.64 Å². The highest BCUT2D eigenvalue weighted by Gasteiger charge is 2.37. The lowest BCUT2D eigenvalue weighted by Crippen LogP contribution is -2.38. The van der Waals surface area contributed by atoms with Crippen LogP contribution in [0.25, 0.3) is 0 Å². The highest BCUT2D eigenvalue weighted by molar-refractivity contribution is 5.95. The number of ether oxygens (including phenoxy) is 1. The molecular formula is C22H21FN2O5. The molecule has 1 aliphatic rings. The zero-order chi connectivity index (χ0) is 21.8. The monoisotopic (exact) mass is 412 g/mol. The van der Waals surface area contributed by atoms with E-state index in [1.807, 2.05) is 0 Å². The number of amides is 1. The molecule has 0 aliphatic carbocycles. The largest absolute Gasteiger partial charge is 0.463 e. The maximum absolute atomic E-state index is 14.1. The highest BCUT2D eigenvalue weighted by atomic mass is 19.1. The van der Waals surface area contributed by atoms with Crippen LogP contribution in [0.4, 0.5) is 10.1 Å². The van der Waals surface area contributed by atoms with E-state index in [0.717, 1.165) is 0 Å². The Morgan fingerprint density at radius 3 is 2.67 bits per heavy atom. The second-order valence-corrected chi connectivity index (χ2v) is 6.90. The minimum atomic E-state index is -0.687. The van der Waals surface area contributed by atoms with Crippen molar-refractivity contribution in [2.45, 2.75) is 32.7 Å². The molecule has 1 heterocycles. The number of nitro benzene ring substituents is 1. The minimum Gasteiger partial charge on any atom is -0.463 e. The van der Waals surface area contributed by atoms with Gasteiger partial charge in [0.1, 0.15) is 5.82 Å². The fourth-order valence-corrected chi connectivity index (χ4v) is 3.61. The molecule has 8 heteroatoms. The van der Waals surface area contributed by atoms with E-state index in [1.54, 1.807) is 38.1 Å². The van der Waals surface area contributed by atoms with Gasteiger partial charge in [-0.2, -0.15) is 0 Å². The van der Waals surface area contributed by atoms with Crippen molar-refractivity contribution in [3.63, 3.8) is 0 Å². The van der Waals surface area contributed by atoms with Crippen LogP contribution in [0, 0.1) is 15.9 Å². The molecule has 1 atom stereocenters. The Balaban J connectivity index is 2.07. The molecule has 2 aromatic carbocycles. The van der Waals surface area contributed by atoms with Gasteiger partial charge in [-0.3, -0.25) is 14.9 Å².